The van der Waals surface area contributed by atoms with Crippen molar-refractivity contribution >= 4 is 11.6 Å². The van der Waals surface area contributed by atoms with Gasteiger partial charge in [-0.05, 0) is 60.8 Å². The molecule has 0 unspecified atom stereocenters. The van der Waals surface area contributed by atoms with Crippen molar-refractivity contribution in [3.63, 3.8) is 0 Å². The number of aliphatic hydroxyl groups excluding tert-OH is 1. The lowest BCUT2D eigenvalue weighted by Gasteiger charge is -2.31. The smallest absolute Gasteiger partial charge is 0.229 e. The Hall–Kier alpha value is -2.60. The van der Waals surface area contributed by atoms with Crippen molar-refractivity contribution in [3.8, 4) is 0 Å². The van der Waals surface area contributed by atoms with E-state index in [1.165, 1.54) is 23.3 Å². The topological polar surface area (TPSA) is 55.8 Å². The molecule has 5 nitrogen and oxygen atoms in total. The van der Waals surface area contributed by atoms with E-state index in [0.29, 0.717) is 13.1 Å². The van der Waals surface area contributed by atoms with Gasteiger partial charge in [-0.3, -0.25) is 9.80 Å². The van der Waals surface area contributed by atoms with Crippen LogP contribution in [0.2, 0.25) is 0 Å². The summed E-state index contributed by atoms with van der Waals surface area (Å²) in [5, 5.41) is 11.3. The number of carbonyl (C=O) groups is 1. The summed E-state index contributed by atoms with van der Waals surface area (Å²) in [7, 11) is 0. The molecule has 2 N–H and O–H groups in total. The molecular weight excluding hydrogens is 369 g/mol. The molecule has 0 saturated carbocycles. The Balaban J connectivity index is 1.63. The average Bonchev–Trinajstić information content (AvgIpc) is 3.33. The second kappa shape index (κ2) is 8.03. The van der Waals surface area contributed by atoms with Crippen molar-refractivity contribution in [1.29, 1.82) is 0 Å². The largest absolute Gasteiger partial charge is 0.395 e. The maximum absolute atomic E-state index is 13.3. The molecule has 1 aromatic carbocycles. The number of carbonyl (C=O) groups excluding carboxylic acids is 1. The number of amides is 1. The molecule has 2 aliphatic carbocycles. The highest BCUT2D eigenvalue weighted by molar-refractivity contribution is 5.84. The maximum Gasteiger partial charge on any atom is 0.229 e. The molecule has 1 amide bonds. The first-order valence-corrected chi connectivity index (χ1v) is 10.4. The Kier molecular flexibility index (Phi) is 5.46. The first-order chi connectivity index (χ1) is 14.0. The first-order valence-electron chi connectivity index (χ1n) is 10.4. The summed E-state index contributed by atoms with van der Waals surface area (Å²) in [5.74, 6) is -0.0982. The van der Waals surface area contributed by atoms with Gasteiger partial charge < -0.3 is 15.4 Å². The summed E-state index contributed by atoms with van der Waals surface area (Å²) in [4.78, 5) is 15.0. The minimum absolute atomic E-state index is 0.00826. The van der Waals surface area contributed by atoms with Crippen LogP contribution in [-0.2, 0) is 4.79 Å². The van der Waals surface area contributed by atoms with E-state index >= 15 is 0 Å². The molecule has 0 spiro atoms. The Morgan fingerprint density at radius 2 is 2.07 bits per heavy atom. The second-order valence-electron chi connectivity index (χ2n) is 7.91. The van der Waals surface area contributed by atoms with E-state index in [9.17, 15) is 14.3 Å². The minimum Gasteiger partial charge on any atom is -0.395 e. The van der Waals surface area contributed by atoms with Crippen molar-refractivity contribution in [2.45, 2.75) is 33.1 Å². The molecule has 0 aromatic heterocycles. The van der Waals surface area contributed by atoms with E-state index < -0.39 is 0 Å². The van der Waals surface area contributed by atoms with E-state index in [0.717, 1.165) is 36.2 Å². The Labute approximate surface area is 171 Å². The van der Waals surface area contributed by atoms with Crippen LogP contribution in [0.1, 0.15) is 33.1 Å². The van der Waals surface area contributed by atoms with Crippen LogP contribution in [0.4, 0.5) is 10.1 Å². The van der Waals surface area contributed by atoms with Crippen LogP contribution in [0.5, 0.6) is 0 Å². The zero-order valence-electron chi connectivity index (χ0n) is 17.0. The lowest BCUT2D eigenvalue weighted by atomic mass is 9.80. The quantitative estimate of drug-likeness (QED) is 0.771. The van der Waals surface area contributed by atoms with E-state index in [1.54, 1.807) is 17.0 Å². The third kappa shape index (κ3) is 3.46. The van der Waals surface area contributed by atoms with Gasteiger partial charge in [0.05, 0.1) is 23.9 Å². The van der Waals surface area contributed by atoms with Crippen LogP contribution >= 0.6 is 0 Å². The monoisotopic (exact) mass is 397 g/mol. The number of fused-ring (bicyclic) bond motifs is 1. The number of halogens is 1. The molecule has 154 valence electrons. The lowest BCUT2D eigenvalue weighted by Crippen LogP contribution is -2.39. The molecule has 1 heterocycles. The van der Waals surface area contributed by atoms with Crippen molar-refractivity contribution in [3.05, 3.63) is 64.8 Å². The summed E-state index contributed by atoms with van der Waals surface area (Å²) in [5.41, 5.74) is 8.83. The van der Waals surface area contributed by atoms with Crippen molar-refractivity contribution in [2.75, 3.05) is 24.7 Å². The SMILES string of the molecule is CCCN(CCO)C(=O)[C@H]1CCC2=C1[C@@H](C)C1=CNN(c3ccc(F)cc3)C1=C2. The zero-order chi connectivity index (χ0) is 20.5. The van der Waals surface area contributed by atoms with Gasteiger partial charge in [0.15, 0.2) is 0 Å². The van der Waals surface area contributed by atoms with Gasteiger partial charge in [0, 0.05) is 30.8 Å². The zero-order valence-corrected chi connectivity index (χ0v) is 17.0. The molecule has 0 fully saturated rings. The number of allylic oxidation sites excluding steroid dienone is 3. The number of hydrogen-bond donors (Lipinski definition) is 2. The molecule has 4 rings (SSSR count). The number of rotatable bonds is 6. The van der Waals surface area contributed by atoms with Crippen LogP contribution in [0.25, 0.3) is 0 Å². The predicted molar refractivity (Wildman–Crippen MR) is 111 cm³/mol. The number of nitrogens with one attached hydrogen (secondary N) is 1. The van der Waals surface area contributed by atoms with Gasteiger partial charge in [-0.1, -0.05) is 13.8 Å². The number of anilines is 1. The normalized spacial score (nSPS) is 22.7. The van der Waals surface area contributed by atoms with Gasteiger partial charge in [-0.2, -0.15) is 0 Å². The van der Waals surface area contributed by atoms with Crippen LogP contribution in [0.3, 0.4) is 0 Å². The molecule has 29 heavy (non-hydrogen) atoms. The molecule has 0 bridgehead atoms. The van der Waals surface area contributed by atoms with E-state index in [-0.39, 0.29) is 30.2 Å². The maximum atomic E-state index is 13.3. The summed E-state index contributed by atoms with van der Waals surface area (Å²) in [6.07, 6.45) is 6.74. The number of hydrogen-bond acceptors (Lipinski definition) is 4. The number of hydrazine groups is 1. The molecule has 1 aliphatic heterocycles. The fraction of sp³-hybridized carbons (Fsp3) is 0.435. The summed E-state index contributed by atoms with van der Waals surface area (Å²) in [6, 6.07) is 6.43. The molecule has 0 saturated heterocycles. The van der Waals surface area contributed by atoms with Crippen LogP contribution in [0, 0.1) is 17.7 Å². The van der Waals surface area contributed by atoms with Crippen LogP contribution in [-0.4, -0.2) is 35.6 Å². The second-order valence-corrected chi connectivity index (χ2v) is 7.91. The summed E-state index contributed by atoms with van der Waals surface area (Å²) < 4.78 is 13.3. The highest BCUT2D eigenvalue weighted by Crippen LogP contribution is 2.48. The van der Waals surface area contributed by atoms with Crippen LogP contribution < -0.4 is 10.4 Å². The van der Waals surface area contributed by atoms with Crippen molar-refractivity contribution < 1.29 is 14.3 Å². The molecule has 6 heteroatoms. The Bertz CT molecular complexity index is 882. The van der Waals surface area contributed by atoms with Crippen molar-refractivity contribution in [1.82, 2.24) is 10.3 Å². The standard InChI is InChI=1S/C23H28FN3O2/c1-3-10-26(11-12-28)23(29)19-9-4-16-13-21-20(15(2)22(16)19)14-25-27(21)18-7-5-17(24)6-8-18/h5-8,13-15,19,25,28H,3-4,9-12H2,1-2H3/t15-,19-/m0/s1. The van der Waals surface area contributed by atoms with E-state index in [2.05, 4.69) is 18.4 Å². The van der Waals surface area contributed by atoms with Gasteiger partial charge in [-0.15, -0.1) is 0 Å². The molecular formula is C23H28FN3O2. The van der Waals surface area contributed by atoms with Gasteiger partial charge >= 0.3 is 0 Å². The van der Waals surface area contributed by atoms with Gasteiger partial charge in [0.1, 0.15) is 5.82 Å². The Morgan fingerprint density at radius 1 is 1.31 bits per heavy atom. The fourth-order valence-corrected chi connectivity index (χ4v) is 4.80. The third-order valence-corrected chi connectivity index (χ3v) is 6.14. The van der Waals surface area contributed by atoms with Gasteiger partial charge in [0.2, 0.25) is 5.91 Å². The van der Waals surface area contributed by atoms with Gasteiger partial charge in [0.25, 0.3) is 0 Å². The molecule has 1 aromatic rings. The highest BCUT2D eigenvalue weighted by Gasteiger charge is 2.41. The minimum atomic E-state index is -0.256. The summed E-state index contributed by atoms with van der Waals surface area (Å²) in [6.45, 7) is 5.27. The predicted octanol–water partition coefficient (Wildman–Crippen LogP) is 3.51. The average molecular weight is 397 g/mol. The van der Waals surface area contributed by atoms with Crippen molar-refractivity contribution in [2.24, 2.45) is 11.8 Å². The Morgan fingerprint density at radius 3 is 2.76 bits per heavy atom. The highest BCUT2D eigenvalue weighted by atomic mass is 19.1. The fourth-order valence-electron chi connectivity index (χ4n) is 4.80. The molecule has 0 radical (unpaired) electrons. The number of nitrogens with zero attached hydrogens (tertiary/aromatic N) is 2. The lowest BCUT2D eigenvalue weighted by molar-refractivity contribution is -0.135. The molecule has 3 aliphatic rings. The number of aliphatic hydroxyl groups is 1. The summed E-state index contributed by atoms with van der Waals surface area (Å²) >= 11 is 0. The molecule has 2 atom stereocenters. The third-order valence-electron chi connectivity index (χ3n) is 6.14. The van der Waals surface area contributed by atoms with Crippen LogP contribution in [0.15, 0.2) is 59.0 Å². The first kappa shape index (κ1) is 19.7. The van der Waals surface area contributed by atoms with E-state index in [1.807, 2.05) is 18.1 Å². The van der Waals surface area contributed by atoms with Gasteiger partial charge in [-0.25, -0.2) is 4.39 Å². The van der Waals surface area contributed by atoms with E-state index in [4.69, 9.17) is 0 Å². The number of benzene rings is 1.